The molecule has 36 valence electrons. The van der Waals surface area contributed by atoms with E-state index in [2.05, 4.69) is 13.0 Å². The summed E-state index contributed by atoms with van der Waals surface area (Å²) in [6, 6.07) is 10.8. The van der Waals surface area contributed by atoms with Crippen LogP contribution in [0.3, 0.4) is 0 Å². The van der Waals surface area contributed by atoms with Gasteiger partial charge in [0.25, 0.3) is 0 Å². The van der Waals surface area contributed by atoms with Gasteiger partial charge in [0.15, 0.2) is 0 Å². The first-order valence-electron chi connectivity index (χ1n) is 2.32. The number of aryl methyl sites for hydroxylation is 1. The van der Waals surface area contributed by atoms with Crippen molar-refractivity contribution in [2.75, 3.05) is 0 Å². The van der Waals surface area contributed by atoms with Gasteiger partial charge in [-0.25, -0.2) is 0 Å². The van der Waals surface area contributed by atoms with Gasteiger partial charge in [-0.1, -0.05) is 6.92 Å². The van der Waals surface area contributed by atoms with Gasteiger partial charge in [0.1, 0.15) is 0 Å². The van der Waals surface area contributed by atoms with E-state index in [0.717, 1.165) is 0 Å². The topological polar surface area (TPSA) is 0 Å². The summed E-state index contributed by atoms with van der Waals surface area (Å²) in [5.74, 6) is 0. The summed E-state index contributed by atoms with van der Waals surface area (Å²) in [5, 5.41) is 0. The van der Waals surface area contributed by atoms with Gasteiger partial charge in [-0.15, -0.1) is 0 Å². The summed E-state index contributed by atoms with van der Waals surface area (Å²) in [6.07, 6.45) is 0. The van der Waals surface area contributed by atoms with Crippen LogP contribution in [0.25, 0.3) is 0 Å². The molecule has 0 amide bonds. The molecule has 0 saturated heterocycles. The summed E-state index contributed by atoms with van der Waals surface area (Å²) in [7, 11) is 0. The van der Waals surface area contributed by atoms with Crippen LogP contribution in [0.4, 0.5) is 0 Å². The number of hydrogen-bond acceptors (Lipinski definition) is 0. The van der Waals surface area contributed by atoms with Gasteiger partial charge in [0.05, 0.1) is 0 Å². The van der Waals surface area contributed by atoms with Crippen LogP contribution in [-0.2, 0) is 0 Å². The maximum absolute atomic E-state index is 2.93. The Balaban J connectivity index is 0.000000490. The van der Waals surface area contributed by atoms with E-state index < -0.39 is 0 Å². The summed E-state index contributed by atoms with van der Waals surface area (Å²) < 4.78 is 0. The van der Waals surface area contributed by atoms with Crippen LogP contribution in [0, 0.1) is 13.0 Å². The molecule has 1 heteroatoms. The van der Waals surface area contributed by atoms with Crippen LogP contribution in [0.5, 0.6) is 0 Å². The van der Waals surface area contributed by atoms with Crippen molar-refractivity contribution in [3.63, 3.8) is 0 Å². The molecule has 0 aliphatic carbocycles. The molecule has 0 aliphatic heterocycles. The molecule has 8 heavy (non-hydrogen) atoms. The van der Waals surface area contributed by atoms with Gasteiger partial charge in [0, 0.05) is 0 Å². The molecule has 1 aromatic rings. The van der Waals surface area contributed by atoms with E-state index in [9.17, 15) is 0 Å². The second-order valence-corrected chi connectivity index (χ2v) is 1.58. The zero-order valence-corrected chi connectivity index (χ0v) is 7.31. The van der Waals surface area contributed by atoms with Gasteiger partial charge >= 0.3 is 29.6 Å². The predicted molar refractivity (Wildman–Crippen MR) is 30.0 cm³/mol. The molecule has 0 saturated carbocycles. The van der Waals surface area contributed by atoms with Crippen molar-refractivity contribution >= 4 is 0 Å². The van der Waals surface area contributed by atoms with E-state index >= 15 is 0 Å². The maximum atomic E-state index is 2.93. The van der Waals surface area contributed by atoms with Gasteiger partial charge in [-0.2, -0.15) is 35.9 Å². The maximum Gasteiger partial charge on any atom is 1.00 e. The Bertz CT molecular complexity index is 134. The van der Waals surface area contributed by atoms with E-state index in [1.165, 1.54) is 5.56 Å². The Labute approximate surface area is 72.2 Å². The molecule has 0 atom stereocenters. The zero-order valence-electron chi connectivity index (χ0n) is 5.31. The fourth-order valence-corrected chi connectivity index (χ4v) is 0.470. The molecule has 1 rings (SSSR count). The predicted octanol–water partition coefficient (Wildman–Crippen LogP) is -1.20. The molecule has 0 N–H and O–H groups in total. The van der Waals surface area contributed by atoms with E-state index in [1.807, 2.05) is 24.3 Å². The average molecular weight is 114 g/mol. The van der Waals surface area contributed by atoms with Gasteiger partial charge in [-0.3, -0.25) is 0 Å². The van der Waals surface area contributed by atoms with Crippen molar-refractivity contribution < 1.29 is 29.6 Å². The molecule has 0 spiro atoms. The van der Waals surface area contributed by atoms with Crippen molar-refractivity contribution in [3.05, 3.63) is 35.9 Å². The Hall–Kier alpha value is 0.220. The van der Waals surface area contributed by atoms with E-state index in [0.29, 0.717) is 0 Å². The number of hydrogen-bond donors (Lipinski definition) is 0. The molecule has 0 aliphatic rings. The molecular formula is C7H7Na. The van der Waals surface area contributed by atoms with Crippen molar-refractivity contribution in [1.29, 1.82) is 0 Å². The molecule has 0 bridgehead atoms. The third-order valence-corrected chi connectivity index (χ3v) is 0.885. The van der Waals surface area contributed by atoms with Crippen LogP contribution >= 0.6 is 0 Å². The van der Waals surface area contributed by atoms with E-state index in [-0.39, 0.29) is 29.6 Å². The molecular weight excluding hydrogens is 107 g/mol. The first-order chi connectivity index (χ1) is 3.39. The van der Waals surface area contributed by atoms with Crippen LogP contribution in [0.15, 0.2) is 24.3 Å². The van der Waals surface area contributed by atoms with Crippen LogP contribution in [-0.4, -0.2) is 0 Å². The molecule has 0 unspecified atom stereocenters. The van der Waals surface area contributed by atoms with Crippen LogP contribution in [0.2, 0.25) is 0 Å². The van der Waals surface area contributed by atoms with Gasteiger partial charge in [0.2, 0.25) is 0 Å². The summed E-state index contributed by atoms with van der Waals surface area (Å²) >= 11 is 0. The van der Waals surface area contributed by atoms with Gasteiger partial charge in [-0.05, 0) is 0 Å². The second-order valence-electron chi connectivity index (χ2n) is 1.58. The minimum absolute atomic E-state index is 0. The second kappa shape index (κ2) is 4.13. The van der Waals surface area contributed by atoms with Crippen molar-refractivity contribution in [3.8, 4) is 0 Å². The Kier molecular flexibility index (Phi) is 4.25. The first kappa shape index (κ1) is 8.22. The first-order valence-corrected chi connectivity index (χ1v) is 2.32. The fourth-order valence-electron chi connectivity index (χ4n) is 0.470. The SMILES string of the molecule is Cc1cc[c-]cc1.[Na+]. The molecule has 0 heterocycles. The van der Waals surface area contributed by atoms with E-state index in [4.69, 9.17) is 0 Å². The van der Waals surface area contributed by atoms with Gasteiger partial charge < -0.3 is 0 Å². The third-order valence-electron chi connectivity index (χ3n) is 0.885. The van der Waals surface area contributed by atoms with Crippen molar-refractivity contribution in [2.45, 2.75) is 6.92 Å². The van der Waals surface area contributed by atoms with Crippen molar-refractivity contribution in [1.82, 2.24) is 0 Å². The normalized spacial score (nSPS) is 7.62. The van der Waals surface area contributed by atoms with Crippen LogP contribution < -0.4 is 29.6 Å². The third kappa shape index (κ3) is 2.51. The van der Waals surface area contributed by atoms with Crippen LogP contribution in [0.1, 0.15) is 5.56 Å². The van der Waals surface area contributed by atoms with Crippen molar-refractivity contribution in [2.24, 2.45) is 0 Å². The molecule has 1 aromatic carbocycles. The zero-order chi connectivity index (χ0) is 5.11. The Morgan fingerprint density at radius 3 is 2.00 bits per heavy atom. The number of benzene rings is 1. The largest absolute Gasteiger partial charge is 1.00 e. The molecule has 0 radical (unpaired) electrons. The smallest absolute Gasteiger partial charge is 0.184 e. The molecule has 0 fully saturated rings. The standard InChI is InChI=1S/C7H7.Na/c1-7-5-3-2-4-6-7;/h3-6H,1H3;/q-1;+1. The summed E-state index contributed by atoms with van der Waals surface area (Å²) in [6.45, 7) is 2.06. The average Bonchev–Trinajstić information content (AvgIpc) is 1.69. The molecule has 0 aromatic heterocycles. The Morgan fingerprint density at radius 2 is 1.75 bits per heavy atom. The monoisotopic (exact) mass is 114 g/mol. The van der Waals surface area contributed by atoms with E-state index in [1.54, 1.807) is 0 Å². The number of rotatable bonds is 0. The minimum atomic E-state index is 0. The Morgan fingerprint density at radius 1 is 1.25 bits per heavy atom. The molecule has 0 nitrogen and oxygen atoms in total. The summed E-state index contributed by atoms with van der Waals surface area (Å²) in [5.41, 5.74) is 1.29. The minimum Gasteiger partial charge on any atom is -0.184 e. The fraction of sp³-hybridized carbons (Fsp3) is 0.143. The summed E-state index contributed by atoms with van der Waals surface area (Å²) in [4.78, 5) is 0. The quantitative estimate of drug-likeness (QED) is 0.293.